The SMILES string of the molecule is Cc1nc([C@@H](C)N(C)C(=O)c2cccc(OCC(N)=O)c2)c(C)s1. The molecule has 0 spiro atoms. The zero-order chi connectivity index (χ0) is 17.9. The van der Waals surface area contributed by atoms with Crippen molar-refractivity contribution in [2.45, 2.75) is 26.8 Å². The smallest absolute Gasteiger partial charge is 0.255 e. The number of ether oxygens (including phenoxy) is 1. The molecule has 0 aliphatic heterocycles. The van der Waals surface area contributed by atoms with Crippen LogP contribution in [0, 0.1) is 13.8 Å². The molecule has 7 heteroatoms. The maximum absolute atomic E-state index is 12.7. The maximum Gasteiger partial charge on any atom is 0.255 e. The van der Waals surface area contributed by atoms with Gasteiger partial charge >= 0.3 is 0 Å². The average Bonchev–Trinajstić information content (AvgIpc) is 2.89. The van der Waals surface area contributed by atoms with Gasteiger partial charge in [0, 0.05) is 17.5 Å². The van der Waals surface area contributed by atoms with Crippen molar-refractivity contribution in [1.82, 2.24) is 9.88 Å². The number of thiazole rings is 1. The fraction of sp³-hybridized carbons (Fsp3) is 0.353. The van der Waals surface area contributed by atoms with E-state index >= 15 is 0 Å². The van der Waals surface area contributed by atoms with Gasteiger partial charge in [-0.05, 0) is 39.0 Å². The van der Waals surface area contributed by atoms with Gasteiger partial charge in [-0.2, -0.15) is 0 Å². The van der Waals surface area contributed by atoms with Gasteiger partial charge in [0.15, 0.2) is 6.61 Å². The second-order valence-corrected chi connectivity index (χ2v) is 6.96. The number of benzene rings is 1. The summed E-state index contributed by atoms with van der Waals surface area (Å²) in [5, 5.41) is 0.983. The van der Waals surface area contributed by atoms with Crippen molar-refractivity contribution in [1.29, 1.82) is 0 Å². The van der Waals surface area contributed by atoms with E-state index in [1.54, 1.807) is 47.5 Å². The minimum atomic E-state index is -0.563. The van der Waals surface area contributed by atoms with Crippen molar-refractivity contribution >= 4 is 23.2 Å². The molecule has 0 radical (unpaired) electrons. The summed E-state index contributed by atoms with van der Waals surface area (Å²) in [6, 6.07) is 6.56. The van der Waals surface area contributed by atoms with Gasteiger partial charge in [-0.25, -0.2) is 4.98 Å². The molecule has 128 valence electrons. The summed E-state index contributed by atoms with van der Waals surface area (Å²) in [5.74, 6) is -0.273. The summed E-state index contributed by atoms with van der Waals surface area (Å²) in [7, 11) is 1.75. The Kier molecular flexibility index (Phi) is 5.56. The lowest BCUT2D eigenvalue weighted by Gasteiger charge is -2.24. The Morgan fingerprint density at radius 3 is 2.67 bits per heavy atom. The molecular formula is C17H21N3O3S. The third-order valence-corrected chi connectivity index (χ3v) is 4.60. The summed E-state index contributed by atoms with van der Waals surface area (Å²) < 4.78 is 5.25. The summed E-state index contributed by atoms with van der Waals surface area (Å²) in [6.45, 7) is 5.69. The largest absolute Gasteiger partial charge is 0.484 e. The average molecular weight is 347 g/mol. The van der Waals surface area contributed by atoms with Gasteiger partial charge in [-0.15, -0.1) is 11.3 Å². The summed E-state index contributed by atoms with van der Waals surface area (Å²) in [6.07, 6.45) is 0. The van der Waals surface area contributed by atoms with Crippen LogP contribution in [-0.4, -0.2) is 35.4 Å². The van der Waals surface area contributed by atoms with Crippen molar-refractivity contribution in [3.8, 4) is 5.75 Å². The summed E-state index contributed by atoms with van der Waals surface area (Å²) in [5.41, 5.74) is 6.46. The topological polar surface area (TPSA) is 85.5 Å². The molecule has 1 aromatic heterocycles. The van der Waals surface area contributed by atoms with Crippen LogP contribution in [0.5, 0.6) is 5.75 Å². The van der Waals surface area contributed by atoms with E-state index in [0.29, 0.717) is 11.3 Å². The molecule has 6 nitrogen and oxygen atoms in total. The summed E-state index contributed by atoms with van der Waals surface area (Å²) >= 11 is 1.62. The number of carbonyl (C=O) groups is 2. The van der Waals surface area contributed by atoms with Crippen LogP contribution < -0.4 is 10.5 Å². The molecule has 0 saturated heterocycles. The molecule has 1 atom stereocenters. The van der Waals surface area contributed by atoms with E-state index in [1.807, 2.05) is 20.8 Å². The van der Waals surface area contributed by atoms with Crippen molar-refractivity contribution in [3.05, 3.63) is 45.4 Å². The van der Waals surface area contributed by atoms with Crippen molar-refractivity contribution in [2.24, 2.45) is 5.73 Å². The van der Waals surface area contributed by atoms with Crippen LogP contribution in [0.3, 0.4) is 0 Å². The number of nitrogens with two attached hydrogens (primary N) is 1. The van der Waals surface area contributed by atoms with Gasteiger partial charge in [0.05, 0.1) is 16.7 Å². The molecule has 2 aromatic rings. The third kappa shape index (κ3) is 4.11. The first-order chi connectivity index (χ1) is 11.3. The van der Waals surface area contributed by atoms with Gasteiger partial charge in [-0.1, -0.05) is 6.07 Å². The predicted molar refractivity (Wildman–Crippen MR) is 93.2 cm³/mol. The zero-order valence-electron chi connectivity index (χ0n) is 14.2. The van der Waals surface area contributed by atoms with Gasteiger partial charge < -0.3 is 15.4 Å². The van der Waals surface area contributed by atoms with E-state index in [0.717, 1.165) is 15.6 Å². The van der Waals surface area contributed by atoms with Crippen molar-refractivity contribution in [2.75, 3.05) is 13.7 Å². The number of carbonyl (C=O) groups excluding carboxylic acids is 2. The Bertz CT molecular complexity index is 757. The molecule has 2 rings (SSSR count). The fourth-order valence-electron chi connectivity index (χ4n) is 2.37. The van der Waals surface area contributed by atoms with Crippen molar-refractivity contribution in [3.63, 3.8) is 0 Å². The Balaban J connectivity index is 2.16. The second kappa shape index (κ2) is 7.44. The van der Waals surface area contributed by atoms with Crippen LogP contribution in [0.15, 0.2) is 24.3 Å². The van der Waals surface area contributed by atoms with Gasteiger partial charge in [-0.3, -0.25) is 9.59 Å². The molecule has 2 N–H and O–H groups in total. The van der Waals surface area contributed by atoms with E-state index in [-0.39, 0.29) is 18.6 Å². The summed E-state index contributed by atoms with van der Waals surface area (Å²) in [4.78, 5) is 30.8. The second-order valence-electron chi connectivity index (χ2n) is 5.55. The highest BCUT2D eigenvalue weighted by Gasteiger charge is 2.23. The maximum atomic E-state index is 12.7. The normalized spacial score (nSPS) is 11.8. The van der Waals surface area contributed by atoms with Crippen LogP contribution in [0.1, 0.15) is 38.9 Å². The Morgan fingerprint density at radius 1 is 1.38 bits per heavy atom. The molecule has 24 heavy (non-hydrogen) atoms. The number of aryl methyl sites for hydroxylation is 2. The minimum Gasteiger partial charge on any atom is -0.484 e. The number of hydrogen-bond acceptors (Lipinski definition) is 5. The number of primary amides is 1. The molecule has 0 unspecified atom stereocenters. The van der Waals surface area contributed by atoms with Crippen LogP contribution in [-0.2, 0) is 4.79 Å². The number of aromatic nitrogens is 1. The monoisotopic (exact) mass is 347 g/mol. The fourth-order valence-corrected chi connectivity index (χ4v) is 3.28. The molecular weight excluding hydrogens is 326 g/mol. The highest BCUT2D eigenvalue weighted by atomic mass is 32.1. The van der Waals surface area contributed by atoms with Gasteiger partial charge in [0.2, 0.25) is 0 Å². The molecule has 1 heterocycles. The molecule has 0 fully saturated rings. The first-order valence-corrected chi connectivity index (χ1v) is 8.33. The Morgan fingerprint density at radius 2 is 2.08 bits per heavy atom. The van der Waals surface area contributed by atoms with Crippen LogP contribution in [0.2, 0.25) is 0 Å². The Hall–Kier alpha value is -2.41. The van der Waals surface area contributed by atoms with Gasteiger partial charge in [0.1, 0.15) is 5.75 Å². The molecule has 0 aliphatic carbocycles. The Labute approximate surface area is 145 Å². The molecule has 0 saturated carbocycles. The highest BCUT2D eigenvalue weighted by molar-refractivity contribution is 7.11. The zero-order valence-corrected chi connectivity index (χ0v) is 15.0. The first-order valence-electron chi connectivity index (χ1n) is 7.52. The lowest BCUT2D eigenvalue weighted by molar-refractivity contribution is -0.119. The quantitative estimate of drug-likeness (QED) is 0.870. The van der Waals surface area contributed by atoms with E-state index in [1.165, 1.54) is 0 Å². The first kappa shape index (κ1) is 17.9. The van der Waals surface area contributed by atoms with E-state index in [2.05, 4.69) is 4.98 Å². The number of amides is 2. The lowest BCUT2D eigenvalue weighted by Crippen LogP contribution is -2.30. The van der Waals surface area contributed by atoms with Crippen molar-refractivity contribution < 1.29 is 14.3 Å². The van der Waals surface area contributed by atoms with E-state index < -0.39 is 5.91 Å². The number of nitrogens with zero attached hydrogens (tertiary/aromatic N) is 2. The molecule has 0 aliphatic rings. The minimum absolute atomic E-state index is 0.141. The number of hydrogen-bond donors (Lipinski definition) is 1. The molecule has 0 bridgehead atoms. The van der Waals surface area contributed by atoms with Gasteiger partial charge in [0.25, 0.3) is 11.8 Å². The third-order valence-electron chi connectivity index (χ3n) is 3.70. The molecule has 2 amide bonds. The predicted octanol–water partition coefficient (Wildman–Crippen LogP) is 2.46. The van der Waals surface area contributed by atoms with Crippen LogP contribution in [0.4, 0.5) is 0 Å². The highest BCUT2D eigenvalue weighted by Crippen LogP contribution is 2.27. The van der Waals surface area contributed by atoms with Crippen LogP contribution in [0.25, 0.3) is 0 Å². The van der Waals surface area contributed by atoms with E-state index in [4.69, 9.17) is 10.5 Å². The standard InChI is InChI=1S/C17H21N3O3S/c1-10(16-11(2)24-12(3)19-16)20(4)17(22)13-6-5-7-14(8-13)23-9-15(18)21/h5-8,10H,9H2,1-4H3,(H2,18,21)/t10-/m1/s1. The number of rotatable bonds is 6. The molecule has 1 aromatic carbocycles. The van der Waals surface area contributed by atoms with Crippen LogP contribution >= 0.6 is 11.3 Å². The van der Waals surface area contributed by atoms with E-state index in [9.17, 15) is 9.59 Å². The lowest BCUT2D eigenvalue weighted by atomic mass is 10.1.